The smallest absolute Gasteiger partial charge is 0.315 e. The molecule has 7 nitrogen and oxygen atoms in total. The van der Waals surface area contributed by atoms with Gasteiger partial charge in [0, 0.05) is 37.5 Å². The molecule has 1 unspecified atom stereocenters. The average molecular weight is 409 g/mol. The summed E-state index contributed by atoms with van der Waals surface area (Å²) in [6.07, 6.45) is 4.39. The molecule has 0 spiro atoms. The Morgan fingerprint density at radius 1 is 1.13 bits per heavy atom. The molecule has 0 aliphatic rings. The van der Waals surface area contributed by atoms with E-state index in [0.717, 1.165) is 17.9 Å². The summed E-state index contributed by atoms with van der Waals surface area (Å²) in [5.41, 5.74) is 2.06. The van der Waals surface area contributed by atoms with Crippen LogP contribution >= 0.6 is 0 Å². The number of hydrogen-bond acceptors (Lipinski definition) is 4. The van der Waals surface area contributed by atoms with Crippen LogP contribution in [0.5, 0.6) is 11.5 Å². The van der Waals surface area contributed by atoms with Crippen molar-refractivity contribution in [1.82, 2.24) is 20.2 Å². The van der Waals surface area contributed by atoms with Crippen molar-refractivity contribution in [3.63, 3.8) is 0 Å². The summed E-state index contributed by atoms with van der Waals surface area (Å²) in [6, 6.07) is 15.3. The van der Waals surface area contributed by atoms with Gasteiger partial charge in [-0.25, -0.2) is 9.78 Å². The SMILES string of the molecule is COc1ccc(OC)c(C(C)NC(=O)NCCc2nccn2Cc2ccccc2)c1. The van der Waals surface area contributed by atoms with E-state index in [1.54, 1.807) is 20.4 Å². The number of urea groups is 1. The van der Waals surface area contributed by atoms with Crippen molar-refractivity contribution in [1.29, 1.82) is 0 Å². The molecule has 1 aromatic heterocycles. The number of imidazole rings is 1. The molecule has 0 saturated carbocycles. The van der Waals surface area contributed by atoms with Gasteiger partial charge in [0.1, 0.15) is 17.3 Å². The Kier molecular flexibility index (Phi) is 7.32. The molecule has 3 aromatic rings. The maximum atomic E-state index is 12.4. The van der Waals surface area contributed by atoms with E-state index < -0.39 is 0 Å². The number of methoxy groups -OCH3 is 2. The lowest BCUT2D eigenvalue weighted by atomic mass is 10.1. The second-order valence-corrected chi connectivity index (χ2v) is 6.94. The number of carbonyl (C=O) groups is 1. The van der Waals surface area contributed by atoms with Crippen LogP contribution in [0.4, 0.5) is 4.79 Å². The molecule has 0 aliphatic carbocycles. The molecule has 0 aliphatic heterocycles. The van der Waals surface area contributed by atoms with Crippen molar-refractivity contribution in [2.45, 2.75) is 25.9 Å². The number of ether oxygens (including phenoxy) is 2. The largest absolute Gasteiger partial charge is 0.497 e. The Bertz CT molecular complexity index is 956. The molecule has 7 heteroatoms. The summed E-state index contributed by atoms with van der Waals surface area (Å²) in [5.74, 6) is 2.35. The summed E-state index contributed by atoms with van der Waals surface area (Å²) in [4.78, 5) is 16.8. The van der Waals surface area contributed by atoms with Gasteiger partial charge in [-0.2, -0.15) is 0 Å². The van der Waals surface area contributed by atoms with E-state index in [9.17, 15) is 4.79 Å². The molecule has 0 bridgehead atoms. The van der Waals surface area contributed by atoms with Crippen LogP contribution in [0, 0.1) is 0 Å². The molecule has 3 rings (SSSR count). The van der Waals surface area contributed by atoms with Gasteiger partial charge in [-0.05, 0) is 30.7 Å². The van der Waals surface area contributed by atoms with Crippen LogP contribution in [-0.2, 0) is 13.0 Å². The Hall–Kier alpha value is -3.48. The minimum atomic E-state index is -0.242. The lowest BCUT2D eigenvalue weighted by Crippen LogP contribution is -2.38. The molecule has 1 heterocycles. The lowest BCUT2D eigenvalue weighted by Gasteiger charge is -2.18. The standard InChI is InChI=1S/C23H28N4O3/c1-17(20-15-19(29-2)9-10-21(20)30-3)26-23(28)25-12-11-22-24-13-14-27(22)16-18-7-5-4-6-8-18/h4-10,13-15,17H,11-12,16H2,1-3H3,(H2,25,26,28). The quantitative estimate of drug-likeness (QED) is 0.568. The van der Waals surface area contributed by atoms with Crippen molar-refractivity contribution in [3.8, 4) is 11.5 Å². The van der Waals surface area contributed by atoms with E-state index in [2.05, 4.69) is 32.3 Å². The number of hydrogen-bond donors (Lipinski definition) is 2. The van der Waals surface area contributed by atoms with Gasteiger partial charge >= 0.3 is 6.03 Å². The summed E-state index contributed by atoms with van der Waals surface area (Å²) in [5, 5.41) is 5.85. The van der Waals surface area contributed by atoms with Crippen molar-refractivity contribution in [2.24, 2.45) is 0 Å². The van der Waals surface area contributed by atoms with Gasteiger partial charge in [-0.15, -0.1) is 0 Å². The van der Waals surface area contributed by atoms with Gasteiger partial charge in [0.15, 0.2) is 0 Å². The summed E-state index contributed by atoms with van der Waals surface area (Å²) in [7, 11) is 3.22. The van der Waals surface area contributed by atoms with Crippen LogP contribution in [0.3, 0.4) is 0 Å². The van der Waals surface area contributed by atoms with E-state index in [0.29, 0.717) is 24.5 Å². The fraction of sp³-hybridized carbons (Fsp3) is 0.304. The summed E-state index contributed by atoms with van der Waals surface area (Å²) < 4.78 is 12.8. The fourth-order valence-electron chi connectivity index (χ4n) is 3.28. The molecule has 0 saturated heterocycles. The number of carbonyl (C=O) groups excluding carboxylic acids is 1. The highest BCUT2D eigenvalue weighted by molar-refractivity contribution is 5.74. The van der Waals surface area contributed by atoms with Crippen molar-refractivity contribution in [2.75, 3.05) is 20.8 Å². The summed E-state index contributed by atoms with van der Waals surface area (Å²) >= 11 is 0. The monoisotopic (exact) mass is 408 g/mol. The summed E-state index contributed by atoms with van der Waals surface area (Å²) in [6.45, 7) is 3.15. The van der Waals surface area contributed by atoms with Gasteiger partial charge < -0.3 is 24.7 Å². The highest BCUT2D eigenvalue weighted by Crippen LogP contribution is 2.29. The van der Waals surface area contributed by atoms with Gasteiger partial charge in [-0.1, -0.05) is 30.3 Å². The van der Waals surface area contributed by atoms with E-state index in [4.69, 9.17) is 9.47 Å². The molecule has 0 radical (unpaired) electrons. The van der Waals surface area contributed by atoms with Crippen LogP contribution in [-0.4, -0.2) is 36.3 Å². The molecule has 30 heavy (non-hydrogen) atoms. The minimum absolute atomic E-state index is 0.241. The fourth-order valence-corrected chi connectivity index (χ4v) is 3.28. The maximum Gasteiger partial charge on any atom is 0.315 e. The van der Waals surface area contributed by atoms with Crippen molar-refractivity contribution < 1.29 is 14.3 Å². The minimum Gasteiger partial charge on any atom is -0.497 e. The predicted molar refractivity (Wildman–Crippen MR) is 116 cm³/mol. The molecule has 2 aromatic carbocycles. The molecule has 2 N–H and O–H groups in total. The zero-order chi connectivity index (χ0) is 21.3. The normalized spacial score (nSPS) is 11.6. The van der Waals surface area contributed by atoms with Crippen LogP contribution in [0.1, 0.15) is 29.9 Å². The van der Waals surface area contributed by atoms with Gasteiger partial charge in [0.05, 0.1) is 20.3 Å². The van der Waals surface area contributed by atoms with Gasteiger partial charge in [-0.3, -0.25) is 0 Å². The molecule has 1 atom stereocenters. The van der Waals surface area contributed by atoms with Gasteiger partial charge in [0.25, 0.3) is 0 Å². The third kappa shape index (κ3) is 5.53. The van der Waals surface area contributed by atoms with Crippen molar-refractivity contribution in [3.05, 3.63) is 77.9 Å². The first kappa shape index (κ1) is 21.2. The number of aromatic nitrogens is 2. The number of nitrogens with zero attached hydrogens (tertiary/aromatic N) is 2. The number of rotatable bonds is 9. The van der Waals surface area contributed by atoms with E-state index in [-0.39, 0.29) is 12.1 Å². The average Bonchev–Trinajstić information content (AvgIpc) is 3.20. The number of nitrogens with one attached hydrogen (secondary N) is 2. The van der Waals surface area contributed by atoms with E-state index in [1.807, 2.05) is 49.5 Å². The van der Waals surface area contributed by atoms with Crippen LogP contribution in [0.15, 0.2) is 60.9 Å². The number of benzene rings is 2. The molecular formula is C23H28N4O3. The second-order valence-electron chi connectivity index (χ2n) is 6.94. The van der Waals surface area contributed by atoms with E-state index in [1.165, 1.54) is 5.56 Å². The van der Waals surface area contributed by atoms with Crippen molar-refractivity contribution >= 4 is 6.03 Å². The first-order valence-electron chi connectivity index (χ1n) is 9.91. The van der Waals surface area contributed by atoms with Crippen LogP contribution in [0.2, 0.25) is 0 Å². The third-order valence-electron chi connectivity index (χ3n) is 4.88. The molecule has 158 valence electrons. The first-order valence-corrected chi connectivity index (χ1v) is 9.91. The Morgan fingerprint density at radius 2 is 1.93 bits per heavy atom. The third-order valence-corrected chi connectivity index (χ3v) is 4.88. The topological polar surface area (TPSA) is 77.4 Å². The first-order chi connectivity index (χ1) is 14.6. The molecule has 2 amide bonds. The Morgan fingerprint density at radius 3 is 2.67 bits per heavy atom. The molecular weight excluding hydrogens is 380 g/mol. The zero-order valence-electron chi connectivity index (χ0n) is 17.6. The maximum absolute atomic E-state index is 12.4. The van der Waals surface area contributed by atoms with Gasteiger partial charge in [0.2, 0.25) is 0 Å². The Balaban J connectivity index is 1.52. The van der Waals surface area contributed by atoms with E-state index >= 15 is 0 Å². The highest BCUT2D eigenvalue weighted by atomic mass is 16.5. The number of amides is 2. The Labute approximate surface area is 177 Å². The zero-order valence-corrected chi connectivity index (χ0v) is 17.6. The predicted octanol–water partition coefficient (Wildman–Crippen LogP) is 3.55. The van der Waals surface area contributed by atoms with Crippen LogP contribution in [0.25, 0.3) is 0 Å². The van der Waals surface area contributed by atoms with Crippen LogP contribution < -0.4 is 20.1 Å². The highest BCUT2D eigenvalue weighted by Gasteiger charge is 2.15. The lowest BCUT2D eigenvalue weighted by molar-refractivity contribution is 0.237. The molecule has 0 fully saturated rings. The second kappa shape index (κ2) is 10.3.